The number of benzene rings is 2. The average molecular weight is 283 g/mol. The predicted octanol–water partition coefficient (Wildman–Crippen LogP) is 3.32. The second-order valence-electron chi connectivity index (χ2n) is 5.31. The van der Waals surface area contributed by atoms with Gasteiger partial charge in [0.25, 0.3) is 0 Å². The average Bonchev–Trinajstić information content (AvgIpc) is 2.84. The Morgan fingerprint density at radius 2 is 2.19 bits per heavy atom. The molecule has 4 heteroatoms. The lowest BCUT2D eigenvalue weighted by molar-refractivity contribution is 0.0697. The molecule has 3 rings (SSSR count). The van der Waals surface area contributed by atoms with Gasteiger partial charge in [-0.3, -0.25) is 0 Å². The van der Waals surface area contributed by atoms with Crippen LogP contribution in [0.4, 0.5) is 5.69 Å². The molecule has 21 heavy (non-hydrogen) atoms. The Morgan fingerprint density at radius 1 is 1.33 bits per heavy atom. The van der Waals surface area contributed by atoms with E-state index in [1.165, 1.54) is 5.56 Å². The first-order chi connectivity index (χ1) is 10.1. The van der Waals surface area contributed by atoms with Crippen LogP contribution >= 0.6 is 0 Å². The molecule has 0 aromatic heterocycles. The Labute approximate surface area is 123 Å². The van der Waals surface area contributed by atoms with Crippen LogP contribution in [0.5, 0.6) is 5.75 Å². The number of anilines is 1. The maximum atomic E-state index is 10.9. The summed E-state index contributed by atoms with van der Waals surface area (Å²) in [4.78, 5) is 10.9. The number of aromatic carboxylic acids is 1. The number of carboxylic acids is 1. The molecule has 2 aromatic rings. The van der Waals surface area contributed by atoms with Gasteiger partial charge in [0.15, 0.2) is 0 Å². The van der Waals surface area contributed by atoms with Crippen LogP contribution in [0.2, 0.25) is 0 Å². The Kier molecular flexibility index (Phi) is 3.52. The fraction of sp³-hybridized carbons (Fsp3) is 0.235. The van der Waals surface area contributed by atoms with Crippen molar-refractivity contribution in [3.8, 4) is 5.75 Å². The SMILES string of the molecule is C[C@H]1Cc2cc(CNc3cccc(C(=O)O)c3)ccc2O1. The predicted molar refractivity (Wildman–Crippen MR) is 81.0 cm³/mol. The van der Waals surface area contributed by atoms with Crippen molar-refractivity contribution in [2.24, 2.45) is 0 Å². The quantitative estimate of drug-likeness (QED) is 0.903. The van der Waals surface area contributed by atoms with E-state index in [2.05, 4.69) is 18.3 Å². The van der Waals surface area contributed by atoms with Crippen LogP contribution < -0.4 is 10.1 Å². The molecule has 2 N–H and O–H groups in total. The van der Waals surface area contributed by atoms with Crippen LogP contribution in [0.25, 0.3) is 0 Å². The standard InChI is InChI=1S/C17H17NO3/c1-11-7-14-8-12(5-6-16(14)21-11)10-18-15-4-2-3-13(9-15)17(19)20/h2-6,8-9,11,18H,7,10H2,1H3,(H,19,20)/t11-/m0/s1. The van der Waals surface area contributed by atoms with Gasteiger partial charge in [0.2, 0.25) is 0 Å². The zero-order valence-corrected chi connectivity index (χ0v) is 11.8. The summed E-state index contributed by atoms with van der Waals surface area (Å²) in [5.41, 5.74) is 3.49. The van der Waals surface area contributed by atoms with Crippen molar-refractivity contribution in [2.45, 2.75) is 26.0 Å². The van der Waals surface area contributed by atoms with Gasteiger partial charge in [0.05, 0.1) is 5.56 Å². The van der Waals surface area contributed by atoms with Crippen molar-refractivity contribution in [1.82, 2.24) is 0 Å². The van der Waals surface area contributed by atoms with Gasteiger partial charge in [0.1, 0.15) is 11.9 Å². The fourth-order valence-electron chi connectivity index (χ4n) is 2.55. The first-order valence-electron chi connectivity index (χ1n) is 6.97. The van der Waals surface area contributed by atoms with Gasteiger partial charge in [-0.15, -0.1) is 0 Å². The zero-order chi connectivity index (χ0) is 14.8. The normalized spacial score (nSPS) is 16.1. The third-order valence-electron chi connectivity index (χ3n) is 3.57. The summed E-state index contributed by atoms with van der Waals surface area (Å²) in [5, 5.41) is 12.2. The number of carbonyl (C=O) groups is 1. The molecule has 108 valence electrons. The highest BCUT2D eigenvalue weighted by Gasteiger charge is 2.18. The van der Waals surface area contributed by atoms with E-state index in [9.17, 15) is 4.79 Å². The van der Waals surface area contributed by atoms with Crippen LogP contribution in [0, 0.1) is 0 Å². The van der Waals surface area contributed by atoms with E-state index in [4.69, 9.17) is 9.84 Å². The van der Waals surface area contributed by atoms with Gasteiger partial charge in [-0.05, 0) is 42.3 Å². The van der Waals surface area contributed by atoms with Crippen LogP contribution in [0.3, 0.4) is 0 Å². The molecule has 0 saturated carbocycles. The molecule has 0 spiro atoms. The van der Waals surface area contributed by atoms with Crippen molar-refractivity contribution in [3.63, 3.8) is 0 Å². The number of rotatable bonds is 4. The number of hydrogen-bond donors (Lipinski definition) is 2. The van der Waals surface area contributed by atoms with Crippen LogP contribution in [-0.2, 0) is 13.0 Å². The van der Waals surface area contributed by atoms with Gasteiger partial charge in [-0.2, -0.15) is 0 Å². The second-order valence-corrected chi connectivity index (χ2v) is 5.31. The molecule has 0 saturated heterocycles. The second kappa shape index (κ2) is 5.48. The first kappa shape index (κ1) is 13.5. The Morgan fingerprint density at radius 3 is 3.00 bits per heavy atom. The molecule has 2 aromatic carbocycles. The van der Waals surface area contributed by atoms with E-state index in [1.54, 1.807) is 18.2 Å². The molecule has 1 heterocycles. The largest absolute Gasteiger partial charge is 0.490 e. The molecule has 0 bridgehead atoms. The lowest BCUT2D eigenvalue weighted by Crippen LogP contribution is -2.05. The molecule has 0 fully saturated rings. The number of nitrogens with one attached hydrogen (secondary N) is 1. The Balaban J connectivity index is 1.70. The topological polar surface area (TPSA) is 58.6 Å². The number of fused-ring (bicyclic) bond motifs is 1. The maximum Gasteiger partial charge on any atom is 0.335 e. The minimum atomic E-state index is -0.915. The van der Waals surface area contributed by atoms with E-state index >= 15 is 0 Å². The van der Waals surface area contributed by atoms with Gasteiger partial charge >= 0.3 is 5.97 Å². The molecule has 0 aliphatic carbocycles. The third-order valence-corrected chi connectivity index (χ3v) is 3.57. The highest BCUT2D eigenvalue weighted by molar-refractivity contribution is 5.88. The number of hydrogen-bond acceptors (Lipinski definition) is 3. The van der Waals surface area contributed by atoms with E-state index < -0.39 is 5.97 Å². The molecule has 1 aliphatic heterocycles. The van der Waals surface area contributed by atoms with Crippen molar-refractivity contribution in [3.05, 3.63) is 59.2 Å². The number of ether oxygens (including phenoxy) is 1. The van der Waals surface area contributed by atoms with E-state index in [0.29, 0.717) is 6.54 Å². The van der Waals surface area contributed by atoms with Crippen LogP contribution in [0.15, 0.2) is 42.5 Å². The molecular formula is C17H17NO3. The summed E-state index contributed by atoms with van der Waals surface area (Å²) in [5.74, 6) is 0.0569. The highest BCUT2D eigenvalue weighted by Crippen LogP contribution is 2.29. The lowest BCUT2D eigenvalue weighted by Gasteiger charge is -2.08. The molecular weight excluding hydrogens is 266 g/mol. The molecule has 0 radical (unpaired) electrons. The molecule has 4 nitrogen and oxygen atoms in total. The summed E-state index contributed by atoms with van der Waals surface area (Å²) in [6.07, 6.45) is 1.19. The monoisotopic (exact) mass is 283 g/mol. The van der Waals surface area contributed by atoms with Crippen molar-refractivity contribution in [1.29, 1.82) is 0 Å². The van der Waals surface area contributed by atoms with E-state index in [0.717, 1.165) is 23.4 Å². The van der Waals surface area contributed by atoms with Crippen molar-refractivity contribution >= 4 is 11.7 Å². The lowest BCUT2D eigenvalue weighted by atomic mass is 10.1. The summed E-state index contributed by atoms with van der Waals surface area (Å²) >= 11 is 0. The fourth-order valence-corrected chi connectivity index (χ4v) is 2.55. The molecule has 1 aliphatic rings. The minimum absolute atomic E-state index is 0.246. The summed E-state index contributed by atoms with van der Waals surface area (Å²) < 4.78 is 5.68. The van der Waals surface area contributed by atoms with Crippen molar-refractivity contribution in [2.75, 3.05) is 5.32 Å². The highest BCUT2D eigenvalue weighted by atomic mass is 16.5. The van der Waals surface area contributed by atoms with Gasteiger partial charge in [0, 0.05) is 18.7 Å². The van der Waals surface area contributed by atoms with Crippen molar-refractivity contribution < 1.29 is 14.6 Å². The minimum Gasteiger partial charge on any atom is -0.490 e. The van der Waals surface area contributed by atoms with Gasteiger partial charge < -0.3 is 15.2 Å². The molecule has 0 amide bonds. The summed E-state index contributed by atoms with van der Waals surface area (Å²) in [6.45, 7) is 2.72. The molecule has 1 atom stereocenters. The Hall–Kier alpha value is -2.49. The maximum absolute atomic E-state index is 10.9. The zero-order valence-electron chi connectivity index (χ0n) is 11.8. The van der Waals surface area contributed by atoms with Crippen LogP contribution in [0.1, 0.15) is 28.4 Å². The van der Waals surface area contributed by atoms with Gasteiger partial charge in [-0.25, -0.2) is 4.79 Å². The van der Waals surface area contributed by atoms with E-state index in [-0.39, 0.29) is 11.7 Å². The third kappa shape index (κ3) is 2.99. The van der Waals surface area contributed by atoms with E-state index in [1.807, 2.05) is 18.2 Å². The summed E-state index contributed by atoms with van der Waals surface area (Å²) in [6, 6.07) is 13.0. The Bertz CT molecular complexity index is 681. The first-order valence-corrected chi connectivity index (χ1v) is 6.97. The summed E-state index contributed by atoms with van der Waals surface area (Å²) in [7, 11) is 0. The smallest absolute Gasteiger partial charge is 0.335 e. The number of carboxylic acid groups (broad SMARTS) is 1. The van der Waals surface area contributed by atoms with Crippen LogP contribution in [-0.4, -0.2) is 17.2 Å². The van der Waals surface area contributed by atoms with Gasteiger partial charge in [-0.1, -0.05) is 18.2 Å². The molecule has 0 unspecified atom stereocenters.